The molecule has 0 aromatic carbocycles. The van der Waals surface area contributed by atoms with Crippen LogP contribution in [-0.2, 0) is 4.74 Å². The van der Waals surface area contributed by atoms with E-state index < -0.39 is 0 Å². The van der Waals surface area contributed by atoms with Crippen LogP contribution in [0.1, 0.15) is 0 Å². The first-order valence-corrected chi connectivity index (χ1v) is 3.49. The monoisotopic (exact) mass is 144 g/mol. The molecule has 0 aliphatic heterocycles. The minimum atomic E-state index is 0.622. The van der Waals surface area contributed by atoms with Crippen molar-refractivity contribution in [3.05, 3.63) is 24.8 Å². The Bertz CT molecular complexity index is 88.9. The molecule has 1 nitrogen and oxygen atoms in total. The summed E-state index contributed by atoms with van der Waals surface area (Å²) in [4.78, 5) is 0. The van der Waals surface area contributed by atoms with Gasteiger partial charge in [-0.1, -0.05) is 18.2 Å². The lowest BCUT2D eigenvalue weighted by Crippen LogP contribution is -1.89. The third kappa shape index (κ3) is 7.79. The molecule has 0 radical (unpaired) electrons. The van der Waals surface area contributed by atoms with Crippen molar-refractivity contribution < 1.29 is 4.74 Å². The molecule has 0 spiro atoms. The molecule has 0 fully saturated rings. The molecule has 0 bridgehead atoms. The van der Waals surface area contributed by atoms with E-state index in [4.69, 9.17) is 4.74 Å². The van der Waals surface area contributed by atoms with E-state index >= 15 is 0 Å². The number of ether oxygens (including phenoxy) is 1. The van der Waals surface area contributed by atoms with Gasteiger partial charge in [0.15, 0.2) is 0 Å². The normalized spacial score (nSPS) is 10.3. The van der Waals surface area contributed by atoms with Gasteiger partial charge in [0.2, 0.25) is 0 Å². The summed E-state index contributed by atoms with van der Waals surface area (Å²) in [5.41, 5.74) is 0. The second-order valence-electron chi connectivity index (χ2n) is 1.48. The minimum Gasteiger partial charge on any atom is -0.373 e. The molecular formula is C7H12OS. The highest BCUT2D eigenvalue weighted by molar-refractivity contribution is 7.80. The Balaban J connectivity index is 2.90. The van der Waals surface area contributed by atoms with Crippen molar-refractivity contribution in [2.24, 2.45) is 0 Å². The molecule has 0 rings (SSSR count). The maximum atomic E-state index is 5.05. The predicted octanol–water partition coefficient (Wildman–Crippen LogP) is 1.68. The number of hydrogen-bond donors (Lipinski definition) is 1. The lowest BCUT2D eigenvalue weighted by atomic mass is 10.5. The van der Waals surface area contributed by atoms with Crippen LogP contribution in [-0.4, -0.2) is 19.0 Å². The highest BCUT2D eigenvalue weighted by Gasteiger charge is 1.74. The van der Waals surface area contributed by atoms with Crippen molar-refractivity contribution in [2.45, 2.75) is 0 Å². The summed E-state index contributed by atoms with van der Waals surface area (Å²) in [7, 11) is 0. The Kier molecular flexibility index (Phi) is 7.61. The summed E-state index contributed by atoms with van der Waals surface area (Å²) in [6.07, 6.45) is 5.62. The highest BCUT2D eigenvalue weighted by atomic mass is 32.1. The Hall–Kier alpha value is -0.210. The van der Waals surface area contributed by atoms with E-state index in [-0.39, 0.29) is 0 Å². The molecule has 0 heterocycles. The largest absolute Gasteiger partial charge is 0.373 e. The Morgan fingerprint density at radius 3 is 2.67 bits per heavy atom. The molecule has 9 heavy (non-hydrogen) atoms. The molecule has 0 saturated heterocycles. The van der Waals surface area contributed by atoms with Crippen molar-refractivity contribution in [3.8, 4) is 0 Å². The maximum Gasteiger partial charge on any atom is 0.0652 e. The summed E-state index contributed by atoms with van der Waals surface area (Å²) in [5, 5.41) is 0. The van der Waals surface area contributed by atoms with Gasteiger partial charge in [0, 0.05) is 5.75 Å². The van der Waals surface area contributed by atoms with Crippen LogP contribution < -0.4 is 0 Å². The SMILES string of the molecule is C=CCOC/C=C/CS. The Morgan fingerprint density at radius 2 is 2.11 bits per heavy atom. The van der Waals surface area contributed by atoms with Crippen LogP contribution in [0.3, 0.4) is 0 Å². The predicted molar refractivity (Wildman–Crippen MR) is 44.0 cm³/mol. The lowest BCUT2D eigenvalue weighted by molar-refractivity contribution is 0.194. The fourth-order valence-corrected chi connectivity index (χ4v) is 0.511. The maximum absolute atomic E-state index is 5.05. The van der Waals surface area contributed by atoms with Crippen molar-refractivity contribution in [1.82, 2.24) is 0 Å². The molecule has 0 N–H and O–H groups in total. The Labute approximate surface area is 61.8 Å². The van der Waals surface area contributed by atoms with Crippen molar-refractivity contribution in [2.75, 3.05) is 19.0 Å². The van der Waals surface area contributed by atoms with Crippen LogP contribution in [0.5, 0.6) is 0 Å². The number of thiol groups is 1. The standard InChI is InChI=1S/C7H12OS/c1-2-5-8-6-3-4-7-9/h2-4,9H,1,5-7H2/b4-3+. The van der Waals surface area contributed by atoms with Crippen LogP contribution in [0.25, 0.3) is 0 Å². The number of hydrogen-bond acceptors (Lipinski definition) is 2. The molecule has 0 saturated carbocycles. The third-order valence-corrected chi connectivity index (χ3v) is 0.933. The second-order valence-corrected chi connectivity index (χ2v) is 1.85. The molecule has 0 atom stereocenters. The van der Waals surface area contributed by atoms with Crippen LogP contribution in [0.15, 0.2) is 24.8 Å². The van der Waals surface area contributed by atoms with E-state index in [0.29, 0.717) is 13.2 Å². The zero-order valence-corrected chi connectivity index (χ0v) is 6.31. The molecule has 0 unspecified atom stereocenters. The van der Waals surface area contributed by atoms with Gasteiger partial charge in [-0.25, -0.2) is 0 Å². The van der Waals surface area contributed by atoms with Gasteiger partial charge in [-0.2, -0.15) is 12.6 Å². The molecule has 52 valence electrons. The van der Waals surface area contributed by atoms with E-state index in [2.05, 4.69) is 19.2 Å². The first-order valence-electron chi connectivity index (χ1n) is 2.86. The van der Waals surface area contributed by atoms with Gasteiger partial charge in [0.05, 0.1) is 13.2 Å². The fraction of sp³-hybridized carbons (Fsp3) is 0.429. The van der Waals surface area contributed by atoms with Crippen LogP contribution in [0.2, 0.25) is 0 Å². The molecule has 2 heteroatoms. The van der Waals surface area contributed by atoms with E-state index in [1.54, 1.807) is 6.08 Å². The van der Waals surface area contributed by atoms with Crippen LogP contribution >= 0.6 is 12.6 Å². The molecule has 0 aromatic rings. The first-order chi connectivity index (χ1) is 4.41. The number of rotatable bonds is 5. The molecule has 0 aromatic heterocycles. The molecule has 0 aliphatic rings. The molecule has 0 aliphatic carbocycles. The van der Waals surface area contributed by atoms with Crippen molar-refractivity contribution in [1.29, 1.82) is 0 Å². The summed E-state index contributed by atoms with van der Waals surface area (Å²) in [6.45, 7) is 4.80. The van der Waals surface area contributed by atoms with Gasteiger partial charge in [0.1, 0.15) is 0 Å². The zero-order valence-electron chi connectivity index (χ0n) is 5.42. The van der Waals surface area contributed by atoms with Gasteiger partial charge >= 0.3 is 0 Å². The van der Waals surface area contributed by atoms with Crippen LogP contribution in [0.4, 0.5) is 0 Å². The summed E-state index contributed by atoms with van der Waals surface area (Å²) >= 11 is 3.98. The van der Waals surface area contributed by atoms with Gasteiger partial charge in [-0.05, 0) is 0 Å². The summed E-state index contributed by atoms with van der Waals surface area (Å²) in [6, 6.07) is 0. The highest BCUT2D eigenvalue weighted by Crippen LogP contribution is 1.80. The van der Waals surface area contributed by atoms with E-state index in [0.717, 1.165) is 5.75 Å². The Morgan fingerprint density at radius 1 is 1.33 bits per heavy atom. The first kappa shape index (κ1) is 8.79. The van der Waals surface area contributed by atoms with Gasteiger partial charge < -0.3 is 4.74 Å². The second kappa shape index (κ2) is 7.79. The quantitative estimate of drug-likeness (QED) is 0.351. The third-order valence-electron chi connectivity index (χ3n) is 0.722. The molecule has 0 amide bonds. The summed E-state index contributed by atoms with van der Waals surface area (Å²) < 4.78 is 5.05. The van der Waals surface area contributed by atoms with Crippen LogP contribution in [0, 0.1) is 0 Å². The zero-order chi connectivity index (χ0) is 6.95. The van der Waals surface area contributed by atoms with Crippen molar-refractivity contribution >= 4 is 12.6 Å². The lowest BCUT2D eigenvalue weighted by Gasteiger charge is -1.91. The fourth-order valence-electron chi connectivity index (χ4n) is 0.362. The minimum absolute atomic E-state index is 0.622. The van der Waals surface area contributed by atoms with E-state index in [9.17, 15) is 0 Å². The average molecular weight is 144 g/mol. The van der Waals surface area contributed by atoms with Gasteiger partial charge in [-0.15, -0.1) is 6.58 Å². The smallest absolute Gasteiger partial charge is 0.0652 e. The summed E-state index contributed by atoms with van der Waals surface area (Å²) in [5.74, 6) is 0.775. The van der Waals surface area contributed by atoms with Gasteiger partial charge in [-0.3, -0.25) is 0 Å². The molecular weight excluding hydrogens is 132 g/mol. The van der Waals surface area contributed by atoms with Crippen molar-refractivity contribution in [3.63, 3.8) is 0 Å². The van der Waals surface area contributed by atoms with E-state index in [1.165, 1.54) is 0 Å². The van der Waals surface area contributed by atoms with E-state index in [1.807, 2.05) is 12.2 Å². The topological polar surface area (TPSA) is 9.23 Å². The average Bonchev–Trinajstić information content (AvgIpc) is 1.89. The van der Waals surface area contributed by atoms with Gasteiger partial charge in [0.25, 0.3) is 0 Å².